The molecule has 0 N–H and O–H groups in total. The van der Waals surface area contributed by atoms with Crippen LogP contribution in [0.3, 0.4) is 0 Å². The van der Waals surface area contributed by atoms with Crippen molar-refractivity contribution in [3.8, 4) is 16.9 Å². The van der Waals surface area contributed by atoms with Crippen molar-refractivity contribution in [2.75, 3.05) is 0 Å². The molecule has 1 heterocycles. The molecule has 0 atom stereocenters. The Labute approximate surface area is 166 Å². The average Bonchev–Trinajstić information content (AvgIpc) is 3.12. The molecule has 0 aliphatic heterocycles. The minimum atomic E-state index is 0.893. The summed E-state index contributed by atoms with van der Waals surface area (Å²) in [4.78, 5) is 4.72. The number of benzene rings is 3. The maximum atomic E-state index is 4.72. The molecule has 2 nitrogen and oxygen atoms in total. The largest absolute Gasteiger partial charge is 0.287 e. The third-order valence-electron chi connectivity index (χ3n) is 4.09. The van der Waals surface area contributed by atoms with E-state index in [9.17, 15) is 0 Å². The second-order valence-corrected chi connectivity index (χ2v) is 7.74. The molecule has 3 aromatic carbocycles. The molecule has 4 rings (SSSR count). The smallest absolute Gasteiger partial charge is 0.173 e. The summed E-state index contributed by atoms with van der Waals surface area (Å²) in [6.07, 6.45) is 1.96. The summed E-state index contributed by atoms with van der Waals surface area (Å²) < 4.78 is 3.31. The molecule has 26 heavy (non-hydrogen) atoms. The highest BCUT2D eigenvalue weighted by Crippen LogP contribution is 2.31. The number of imidazole rings is 1. The Bertz CT molecular complexity index is 980. The normalized spacial score (nSPS) is 10.8. The molecule has 0 spiro atoms. The first-order valence-electron chi connectivity index (χ1n) is 8.37. The van der Waals surface area contributed by atoms with E-state index in [0.29, 0.717) is 0 Å². The molecular formula is C22H17BrN2S. The van der Waals surface area contributed by atoms with Crippen LogP contribution in [0.1, 0.15) is 5.56 Å². The zero-order valence-corrected chi connectivity index (χ0v) is 16.5. The molecule has 0 unspecified atom stereocenters. The van der Waals surface area contributed by atoms with Crippen LogP contribution < -0.4 is 0 Å². The highest BCUT2D eigenvalue weighted by Gasteiger charge is 2.14. The second-order valence-electron chi connectivity index (χ2n) is 5.88. The summed E-state index contributed by atoms with van der Waals surface area (Å²) in [6.45, 7) is 0. The average molecular weight is 421 g/mol. The molecule has 0 fully saturated rings. The molecule has 0 aliphatic carbocycles. The van der Waals surface area contributed by atoms with Crippen LogP contribution >= 0.6 is 27.7 Å². The van der Waals surface area contributed by atoms with Crippen molar-refractivity contribution in [2.24, 2.45) is 0 Å². The maximum absolute atomic E-state index is 4.72. The number of aromatic nitrogens is 2. The Morgan fingerprint density at radius 1 is 0.808 bits per heavy atom. The lowest BCUT2D eigenvalue weighted by Crippen LogP contribution is -1.99. The van der Waals surface area contributed by atoms with Gasteiger partial charge in [0.05, 0.1) is 11.9 Å². The van der Waals surface area contributed by atoms with E-state index in [1.807, 2.05) is 18.3 Å². The van der Waals surface area contributed by atoms with Crippen LogP contribution in [0.25, 0.3) is 16.9 Å². The highest BCUT2D eigenvalue weighted by atomic mass is 79.9. The van der Waals surface area contributed by atoms with Crippen LogP contribution in [0.15, 0.2) is 101 Å². The van der Waals surface area contributed by atoms with E-state index in [0.717, 1.165) is 32.3 Å². The van der Waals surface area contributed by atoms with Crippen molar-refractivity contribution < 1.29 is 0 Å². The molecule has 0 saturated carbocycles. The summed E-state index contributed by atoms with van der Waals surface area (Å²) in [5, 5.41) is 0.998. The summed E-state index contributed by atoms with van der Waals surface area (Å²) in [5.74, 6) is 0.893. The van der Waals surface area contributed by atoms with Crippen LogP contribution in [0.4, 0.5) is 0 Å². The number of thioether (sulfide) groups is 1. The zero-order valence-electron chi connectivity index (χ0n) is 14.0. The van der Waals surface area contributed by atoms with E-state index in [1.54, 1.807) is 11.8 Å². The van der Waals surface area contributed by atoms with Gasteiger partial charge in [0.2, 0.25) is 0 Å². The van der Waals surface area contributed by atoms with Gasteiger partial charge in [0.25, 0.3) is 0 Å². The standard InChI is InChI=1S/C22H17BrN2S/c23-19-13-11-18(12-14-19)21-15-24-22(25(21)20-9-5-2-6-10-20)26-16-17-7-3-1-4-8-17/h1-15H,16H2. The first-order chi connectivity index (χ1) is 12.8. The molecule has 0 amide bonds. The fourth-order valence-corrected chi connectivity index (χ4v) is 4.02. The number of halogens is 1. The molecule has 1 aromatic heterocycles. The van der Waals surface area contributed by atoms with E-state index in [1.165, 1.54) is 5.56 Å². The van der Waals surface area contributed by atoms with Gasteiger partial charge in [-0.2, -0.15) is 0 Å². The lowest BCUT2D eigenvalue weighted by atomic mass is 10.1. The van der Waals surface area contributed by atoms with Gasteiger partial charge in [-0.3, -0.25) is 4.57 Å². The number of nitrogens with zero attached hydrogens (tertiary/aromatic N) is 2. The van der Waals surface area contributed by atoms with Gasteiger partial charge in [0.15, 0.2) is 5.16 Å². The van der Waals surface area contributed by atoms with E-state index in [-0.39, 0.29) is 0 Å². The fraction of sp³-hybridized carbons (Fsp3) is 0.0455. The summed E-state index contributed by atoms with van der Waals surface area (Å²) >= 11 is 5.27. The Hall–Kier alpha value is -2.30. The predicted octanol–water partition coefficient (Wildman–Crippen LogP) is 6.59. The summed E-state index contributed by atoms with van der Waals surface area (Å²) in [7, 11) is 0. The van der Waals surface area contributed by atoms with Crippen LogP contribution in [0.2, 0.25) is 0 Å². The van der Waals surface area contributed by atoms with E-state index < -0.39 is 0 Å². The van der Waals surface area contributed by atoms with Crippen LogP contribution in [0, 0.1) is 0 Å². The van der Waals surface area contributed by atoms with Crippen molar-refractivity contribution in [1.82, 2.24) is 9.55 Å². The second kappa shape index (κ2) is 7.94. The van der Waals surface area contributed by atoms with Crippen molar-refractivity contribution in [1.29, 1.82) is 0 Å². The molecule has 128 valence electrons. The van der Waals surface area contributed by atoms with Crippen LogP contribution in [-0.4, -0.2) is 9.55 Å². The van der Waals surface area contributed by atoms with Crippen molar-refractivity contribution >= 4 is 27.7 Å². The van der Waals surface area contributed by atoms with E-state index in [4.69, 9.17) is 4.98 Å². The van der Waals surface area contributed by atoms with E-state index >= 15 is 0 Å². The molecule has 0 bridgehead atoms. The van der Waals surface area contributed by atoms with Gasteiger partial charge in [-0.1, -0.05) is 88.4 Å². The number of para-hydroxylation sites is 1. The third-order valence-corrected chi connectivity index (χ3v) is 5.65. The van der Waals surface area contributed by atoms with Gasteiger partial charge in [-0.25, -0.2) is 4.98 Å². The first-order valence-corrected chi connectivity index (χ1v) is 10.1. The van der Waals surface area contributed by atoms with Crippen LogP contribution in [0.5, 0.6) is 0 Å². The monoisotopic (exact) mass is 420 g/mol. The highest BCUT2D eigenvalue weighted by molar-refractivity contribution is 9.10. The van der Waals surface area contributed by atoms with Gasteiger partial charge in [-0.05, 0) is 29.8 Å². The van der Waals surface area contributed by atoms with Gasteiger partial charge in [0, 0.05) is 21.5 Å². The molecule has 0 saturated heterocycles. The Morgan fingerprint density at radius 3 is 2.15 bits per heavy atom. The molecule has 0 aliphatic rings. The van der Waals surface area contributed by atoms with Crippen molar-refractivity contribution in [3.63, 3.8) is 0 Å². The topological polar surface area (TPSA) is 17.8 Å². The van der Waals surface area contributed by atoms with Gasteiger partial charge in [-0.15, -0.1) is 0 Å². The third kappa shape index (κ3) is 3.76. The number of hydrogen-bond donors (Lipinski definition) is 0. The Balaban J connectivity index is 1.73. The predicted molar refractivity (Wildman–Crippen MR) is 113 cm³/mol. The molecule has 4 aromatic rings. The minimum absolute atomic E-state index is 0.893. The summed E-state index contributed by atoms with van der Waals surface area (Å²) in [5.41, 5.74) is 4.67. The van der Waals surface area contributed by atoms with Gasteiger partial charge < -0.3 is 0 Å². The first kappa shape index (κ1) is 17.1. The van der Waals surface area contributed by atoms with Crippen molar-refractivity contribution in [2.45, 2.75) is 10.9 Å². The Morgan fingerprint density at radius 2 is 1.46 bits per heavy atom. The Kier molecular flexibility index (Phi) is 5.23. The number of rotatable bonds is 5. The molecule has 4 heteroatoms. The number of hydrogen-bond acceptors (Lipinski definition) is 2. The summed E-state index contributed by atoms with van der Waals surface area (Å²) in [6, 6.07) is 29.3. The maximum Gasteiger partial charge on any atom is 0.173 e. The lowest BCUT2D eigenvalue weighted by molar-refractivity contribution is 0.900. The zero-order chi connectivity index (χ0) is 17.8. The fourth-order valence-electron chi connectivity index (χ4n) is 2.81. The van der Waals surface area contributed by atoms with Gasteiger partial charge in [0.1, 0.15) is 0 Å². The molecular weight excluding hydrogens is 404 g/mol. The van der Waals surface area contributed by atoms with Crippen molar-refractivity contribution in [3.05, 3.63) is 101 Å². The SMILES string of the molecule is Brc1ccc(-c2cnc(SCc3ccccc3)n2-c2ccccc2)cc1. The minimum Gasteiger partial charge on any atom is -0.287 e. The quantitative estimate of drug-likeness (QED) is 0.338. The van der Waals surface area contributed by atoms with E-state index in [2.05, 4.69) is 93.3 Å². The van der Waals surface area contributed by atoms with Crippen LogP contribution in [-0.2, 0) is 5.75 Å². The van der Waals surface area contributed by atoms with Gasteiger partial charge >= 0.3 is 0 Å². The molecule has 0 radical (unpaired) electrons. The lowest BCUT2D eigenvalue weighted by Gasteiger charge is -2.12.